The molecule has 4 rings (SSSR count). The summed E-state index contributed by atoms with van der Waals surface area (Å²) in [7, 11) is 0. The van der Waals surface area contributed by atoms with Crippen LogP contribution in [-0.4, -0.2) is 10.9 Å². The summed E-state index contributed by atoms with van der Waals surface area (Å²) in [5.74, 6) is 0.418. The molecule has 4 nitrogen and oxygen atoms in total. The SMILES string of the molecule is CC(C)(C)c1ccc(-c2nc3ccc(NC(=O)c4cccc(I)c4)cc3o2)cc1. The van der Waals surface area contributed by atoms with Gasteiger partial charge in [0.15, 0.2) is 5.58 Å². The number of amides is 1. The summed E-state index contributed by atoms with van der Waals surface area (Å²) < 4.78 is 6.98. The molecule has 29 heavy (non-hydrogen) atoms. The molecule has 1 heterocycles. The van der Waals surface area contributed by atoms with Crippen LogP contribution in [0.25, 0.3) is 22.6 Å². The van der Waals surface area contributed by atoms with Crippen LogP contribution in [0, 0.1) is 3.57 Å². The van der Waals surface area contributed by atoms with Gasteiger partial charge in [0.2, 0.25) is 5.89 Å². The van der Waals surface area contributed by atoms with Gasteiger partial charge >= 0.3 is 0 Å². The second kappa shape index (κ2) is 7.63. The van der Waals surface area contributed by atoms with Crippen LogP contribution in [0.5, 0.6) is 0 Å². The maximum Gasteiger partial charge on any atom is 0.255 e. The smallest absolute Gasteiger partial charge is 0.255 e. The number of carbonyl (C=O) groups excluding carboxylic acids is 1. The van der Waals surface area contributed by atoms with Gasteiger partial charge in [-0.15, -0.1) is 0 Å². The molecule has 1 aromatic heterocycles. The summed E-state index contributed by atoms with van der Waals surface area (Å²) in [5, 5.41) is 2.92. The molecular formula is C24H21IN2O2. The summed E-state index contributed by atoms with van der Waals surface area (Å²) in [6, 6.07) is 21.2. The van der Waals surface area contributed by atoms with E-state index in [0.29, 0.717) is 22.7 Å². The minimum atomic E-state index is -0.152. The molecule has 0 atom stereocenters. The Hall–Kier alpha value is -2.67. The van der Waals surface area contributed by atoms with E-state index >= 15 is 0 Å². The lowest BCUT2D eigenvalue weighted by Gasteiger charge is -2.18. The topological polar surface area (TPSA) is 55.1 Å². The monoisotopic (exact) mass is 496 g/mol. The maximum absolute atomic E-state index is 12.5. The van der Waals surface area contributed by atoms with Gasteiger partial charge in [-0.25, -0.2) is 4.98 Å². The normalized spacial score (nSPS) is 11.6. The average Bonchev–Trinajstić information content (AvgIpc) is 3.11. The number of rotatable bonds is 3. The first-order valence-corrected chi connectivity index (χ1v) is 10.5. The van der Waals surface area contributed by atoms with Gasteiger partial charge in [-0.1, -0.05) is 39.0 Å². The average molecular weight is 496 g/mol. The Morgan fingerprint density at radius 3 is 2.45 bits per heavy atom. The number of oxazole rings is 1. The van der Waals surface area contributed by atoms with Crippen molar-refractivity contribution >= 4 is 45.3 Å². The van der Waals surface area contributed by atoms with Crippen LogP contribution >= 0.6 is 22.6 Å². The Morgan fingerprint density at radius 1 is 1.00 bits per heavy atom. The van der Waals surface area contributed by atoms with Crippen LogP contribution in [0.2, 0.25) is 0 Å². The van der Waals surface area contributed by atoms with E-state index in [1.807, 2.05) is 42.5 Å². The van der Waals surface area contributed by atoms with Crippen LogP contribution in [0.4, 0.5) is 5.69 Å². The molecule has 3 aromatic carbocycles. The molecule has 0 bridgehead atoms. The van der Waals surface area contributed by atoms with Gasteiger partial charge in [-0.3, -0.25) is 4.79 Å². The molecule has 0 aliphatic carbocycles. The van der Waals surface area contributed by atoms with E-state index in [9.17, 15) is 4.79 Å². The highest BCUT2D eigenvalue weighted by molar-refractivity contribution is 14.1. The summed E-state index contributed by atoms with van der Waals surface area (Å²) in [6.45, 7) is 6.56. The standard InChI is InChI=1S/C24H21IN2O2/c1-24(2,3)17-9-7-15(8-10-17)23-27-20-12-11-19(14-21(20)29-23)26-22(28)16-5-4-6-18(25)13-16/h4-14H,1-3H3,(H,26,28). The van der Waals surface area contributed by atoms with Crippen LogP contribution in [-0.2, 0) is 5.41 Å². The lowest BCUT2D eigenvalue weighted by molar-refractivity contribution is 0.102. The quantitative estimate of drug-likeness (QED) is 0.323. The Kier molecular flexibility index (Phi) is 5.17. The highest BCUT2D eigenvalue weighted by atomic mass is 127. The van der Waals surface area contributed by atoms with Crippen LogP contribution in [0.15, 0.2) is 71.1 Å². The summed E-state index contributed by atoms with van der Waals surface area (Å²) >= 11 is 2.19. The molecule has 0 spiro atoms. The number of halogens is 1. The summed E-state index contributed by atoms with van der Waals surface area (Å²) in [4.78, 5) is 17.1. The molecular weight excluding hydrogens is 475 g/mol. The third-order valence-electron chi connectivity index (χ3n) is 4.73. The van der Waals surface area contributed by atoms with E-state index in [-0.39, 0.29) is 11.3 Å². The predicted octanol–water partition coefficient (Wildman–Crippen LogP) is 6.65. The number of benzene rings is 3. The molecule has 1 N–H and O–H groups in total. The second-order valence-electron chi connectivity index (χ2n) is 7.99. The largest absolute Gasteiger partial charge is 0.436 e. The van der Waals surface area contributed by atoms with E-state index in [2.05, 4.69) is 65.8 Å². The number of fused-ring (bicyclic) bond motifs is 1. The minimum absolute atomic E-state index is 0.101. The van der Waals surface area contributed by atoms with E-state index in [4.69, 9.17) is 4.42 Å². The molecule has 5 heteroatoms. The Labute approximate surface area is 183 Å². The predicted molar refractivity (Wildman–Crippen MR) is 125 cm³/mol. The van der Waals surface area contributed by atoms with Crippen molar-refractivity contribution in [3.05, 3.63) is 81.4 Å². The number of hydrogen-bond acceptors (Lipinski definition) is 3. The van der Waals surface area contributed by atoms with Crippen molar-refractivity contribution in [2.24, 2.45) is 0 Å². The van der Waals surface area contributed by atoms with E-state index < -0.39 is 0 Å². The Bertz CT molecular complexity index is 1190. The first-order chi connectivity index (χ1) is 13.8. The zero-order valence-electron chi connectivity index (χ0n) is 16.5. The molecule has 1 amide bonds. The van der Waals surface area contributed by atoms with Crippen LogP contribution in [0.1, 0.15) is 36.7 Å². The fourth-order valence-electron chi connectivity index (χ4n) is 3.07. The molecule has 0 aliphatic heterocycles. The number of nitrogens with one attached hydrogen (secondary N) is 1. The molecule has 0 fully saturated rings. The van der Waals surface area contributed by atoms with Gasteiger partial charge in [0, 0.05) is 26.5 Å². The van der Waals surface area contributed by atoms with Crippen molar-refractivity contribution in [3.63, 3.8) is 0 Å². The lowest BCUT2D eigenvalue weighted by Crippen LogP contribution is -2.11. The van der Waals surface area contributed by atoms with Crippen LogP contribution in [0.3, 0.4) is 0 Å². The summed E-state index contributed by atoms with van der Waals surface area (Å²) in [5.41, 5.74) is 4.98. The van der Waals surface area contributed by atoms with Crippen molar-refractivity contribution in [3.8, 4) is 11.5 Å². The number of nitrogens with zero attached hydrogens (tertiary/aromatic N) is 1. The fraction of sp³-hybridized carbons (Fsp3) is 0.167. The number of aromatic nitrogens is 1. The van der Waals surface area contributed by atoms with E-state index in [1.165, 1.54) is 5.56 Å². The van der Waals surface area contributed by atoms with Gasteiger partial charge in [0.05, 0.1) is 0 Å². The molecule has 4 aromatic rings. The highest BCUT2D eigenvalue weighted by Crippen LogP contribution is 2.29. The van der Waals surface area contributed by atoms with Crippen molar-refractivity contribution in [2.75, 3.05) is 5.32 Å². The van der Waals surface area contributed by atoms with Crippen LogP contribution < -0.4 is 5.32 Å². The lowest BCUT2D eigenvalue weighted by atomic mass is 9.87. The number of carbonyl (C=O) groups is 1. The molecule has 0 saturated heterocycles. The highest BCUT2D eigenvalue weighted by Gasteiger charge is 2.15. The number of anilines is 1. The fourth-order valence-corrected chi connectivity index (χ4v) is 3.61. The number of hydrogen-bond donors (Lipinski definition) is 1. The molecule has 0 unspecified atom stereocenters. The maximum atomic E-state index is 12.5. The summed E-state index contributed by atoms with van der Waals surface area (Å²) in [6.07, 6.45) is 0. The van der Waals surface area contributed by atoms with Crippen molar-refractivity contribution in [2.45, 2.75) is 26.2 Å². The molecule has 0 radical (unpaired) electrons. The van der Waals surface area contributed by atoms with Gasteiger partial charge in [-0.2, -0.15) is 0 Å². The minimum Gasteiger partial charge on any atom is -0.436 e. The van der Waals surface area contributed by atoms with Gasteiger partial charge in [-0.05, 0) is 76.0 Å². The molecule has 146 valence electrons. The molecule has 0 saturated carbocycles. The third-order valence-corrected chi connectivity index (χ3v) is 5.40. The van der Waals surface area contributed by atoms with Gasteiger partial charge < -0.3 is 9.73 Å². The van der Waals surface area contributed by atoms with Crippen molar-refractivity contribution in [1.29, 1.82) is 0 Å². The Morgan fingerprint density at radius 2 is 1.76 bits per heavy atom. The van der Waals surface area contributed by atoms with E-state index in [0.717, 1.165) is 14.7 Å². The second-order valence-corrected chi connectivity index (χ2v) is 9.24. The van der Waals surface area contributed by atoms with Crippen molar-refractivity contribution in [1.82, 2.24) is 4.98 Å². The van der Waals surface area contributed by atoms with Gasteiger partial charge in [0.1, 0.15) is 5.52 Å². The zero-order chi connectivity index (χ0) is 20.6. The van der Waals surface area contributed by atoms with E-state index in [1.54, 1.807) is 12.1 Å². The molecule has 0 aliphatic rings. The van der Waals surface area contributed by atoms with Crippen molar-refractivity contribution < 1.29 is 9.21 Å². The zero-order valence-corrected chi connectivity index (χ0v) is 18.7. The first-order valence-electron chi connectivity index (χ1n) is 9.38. The third kappa shape index (κ3) is 4.34. The van der Waals surface area contributed by atoms with Gasteiger partial charge in [0.25, 0.3) is 5.91 Å². The first kappa shape index (κ1) is 19.6. The Balaban J connectivity index is 1.58.